The van der Waals surface area contributed by atoms with Gasteiger partial charge in [-0.25, -0.2) is 4.99 Å². The molecule has 0 aromatic heterocycles. The molecule has 2 rings (SSSR count). The molecule has 13 heteroatoms. The summed E-state index contributed by atoms with van der Waals surface area (Å²) in [4.78, 5) is 33.6. The van der Waals surface area contributed by atoms with E-state index < -0.39 is 30.9 Å². The van der Waals surface area contributed by atoms with Crippen LogP contribution in [0, 0.1) is 0 Å². The highest BCUT2D eigenvalue weighted by molar-refractivity contribution is 6.43. The summed E-state index contributed by atoms with van der Waals surface area (Å²) in [7, 11) is -1.82. The number of hydrogen-bond acceptors (Lipinski definition) is 6. The average Bonchev–Trinajstić information content (AvgIpc) is 2.81. The van der Waals surface area contributed by atoms with Gasteiger partial charge in [-0.15, -0.1) is 0 Å². The highest BCUT2D eigenvalue weighted by Crippen LogP contribution is 2.15. The molecule has 0 aliphatic rings. The van der Waals surface area contributed by atoms with Gasteiger partial charge in [0.25, 0.3) is 5.91 Å². The van der Waals surface area contributed by atoms with Gasteiger partial charge in [0.1, 0.15) is 6.04 Å². The molecule has 0 aliphatic heterocycles. The number of guanidine groups is 2. The van der Waals surface area contributed by atoms with E-state index in [1.165, 1.54) is 0 Å². The van der Waals surface area contributed by atoms with Crippen LogP contribution in [-0.4, -0.2) is 59.4 Å². The molecule has 2 atom stereocenters. The first-order valence-electron chi connectivity index (χ1n) is 10.9. The Morgan fingerprint density at radius 3 is 2.14 bits per heavy atom. The fourth-order valence-electron chi connectivity index (χ4n) is 3.23. The van der Waals surface area contributed by atoms with Gasteiger partial charge >= 0.3 is 7.12 Å². The Bertz CT molecular complexity index is 1020. The van der Waals surface area contributed by atoms with Gasteiger partial charge in [-0.1, -0.05) is 30.3 Å². The normalized spacial score (nSPS) is 12.1. The third-order valence-electron chi connectivity index (χ3n) is 4.95. The molecular weight excluding hydrogens is 451 g/mol. The number of nitrogens with zero attached hydrogens (tertiary/aromatic N) is 2. The van der Waals surface area contributed by atoms with Crippen LogP contribution in [0.3, 0.4) is 0 Å². The van der Waals surface area contributed by atoms with Crippen molar-refractivity contribution in [2.24, 2.45) is 32.9 Å². The molecule has 0 bridgehead atoms. The maximum Gasteiger partial charge on any atom is 0.475 e. The van der Waals surface area contributed by atoms with Crippen molar-refractivity contribution in [2.75, 3.05) is 6.54 Å². The zero-order chi connectivity index (χ0) is 25.8. The van der Waals surface area contributed by atoms with Gasteiger partial charge in [-0.2, -0.15) is 0 Å². The van der Waals surface area contributed by atoms with E-state index in [2.05, 4.69) is 20.6 Å². The number of benzene rings is 2. The molecular formula is C22H31BN8O4. The van der Waals surface area contributed by atoms with Crippen LogP contribution in [0.5, 0.6) is 0 Å². The first kappa shape index (κ1) is 27.2. The molecule has 0 saturated heterocycles. The van der Waals surface area contributed by atoms with Crippen LogP contribution in [-0.2, 0) is 11.2 Å². The predicted molar refractivity (Wildman–Crippen MR) is 135 cm³/mol. The van der Waals surface area contributed by atoms with Gasteiger partial charge < -0.3 is 43.6 Å². The van der Waals surface area contributed by atoms with E-state index in [1.54, 1.807) is 54.6 Å². The number of amides is 2. The predicted octanol–water partition coefficient (Wildman–Crippen LogP) is -1.52. The Labute approximate surface area is 203 Å². The molecule has 0 spiro atoms. The van der Waals surface area contributed by atoms with E-state index in [1.807, 2.05) is 0 Å². The quantitative estimate of drug-likeness (QED) is 0.0765. The van der Waals surface area contributed by atoms with Gasteiger partial charge in [0.2, 0.25) is 5.91 Å². The van der Waals surface area contributed by atoms with Crippen molar-refractivity contribution >= 4 is 36.5 Å². The summed E-state index contributed by atoms with van der Waals surface area (Å²) in [5, 5.41) is 24.8. The summed E-state index contributed by atoms with van der Waals surface area (Å²) in [5.41, 5.74) is 23.0. The Morgan fingerprint density at radius 1 is 0.914 bits per heavy atom. The van der Waals surface area contributed by atoms with Crippen LogP contribution in [0.15, 0.2) is 64.6 Å². The minimum atomic E-state index is -1.82. The Hall–Kier alpha value is -4.10. The van der Waals surface area contributed by atoms with Crippen LogP contribution >= 0.6 is 0 Å². The Balaban J connectivity index is 2.17. The third kappa shape index (κ3) is 9.74. The van der Waals surface area contributed by atoms with Crippen molar-refractivity contribution in [3.63, 3.8) is 0 Å². The van der Waals surface area contributed by atoms with Crippen molar-refractivity contribution in [1.29, 1.82) is 0 Å². The highest BCUT2D eigenvalue weighted by Gasteiger charge is 2.29. The van der Waals surface area contributed by atoms with Gasteiger partial charge in [-0.05, 0) is 42.7 Å². The monoisotopic (exact) mass is 482 g/mol. The molecule has 0 radical (unpaired) electrons. The summed E-state index contributed by atoms with van der Waals surface area (Å²) in [6.45, 7) is 0.262. The van der Waals surface area contributed by atoms with E-state index >= 15 is 0 Å². The molecule has 2 aromatic carbocycles. The summed E-state index contributed by atoms with van der Waals surface area (Å²) < 4.78 is 0. The van der Waals surface area contributed by atoms with Gasteiger partial charge in [-0.3, -0.25) is 14.6 Å². The molecule has 12 nitrogen and oxygen atoms in total. The van der Waals surface area contributed by atoms with Crippen LogP contribution in [0.25, 0.3) is 0 Å². The van der Waals surface area contributed by atoms with Crippen LogP contribution in [0.1, 0.15) is 28.8 Å². The SMILES string of the molecule is NC(N)=NCCCC(NC(=O)C(Cc1ccc(N=C(N)N)cc1)NC(=O)c1ccccc1)B(O)O. The number of rotatable bonds is 12. The summed E-state index contributed by atoms with van der Waals surface area (Å²) in [6, 6.07) is 14.2. The maximum atomic E-state index is 13.1. The van der Waals surface area contributed by atoms with E-state index in [9.17, 15) is 19.6 Å². The molecule has 186 valence electrons. The number of hydrogen-bond donors (Lipinski definition) is 8. The lowest BCUT2D eigenvalue weighted by atomic mass is 9.76. The average molecular weight is 482 g/mol. The van der Waals surface area contributed by atoms with Gasteiger partial charge in [0, 0.05) is 18.5 Å². The fourth-order valence-corrected chi connectivity index (χ4v) is 3.23. The summed E-state index contributed by atoms with van der Waals surface area (Å²) >= 11 is 0. The largest absolute Gasteiger partial charge is 0.475 e. The number of nitrogens with two attached hydrogens (primary N) is 4. The zero-order valence-electron chi connectivity index (χ0n) is 19.2. The number of aliphatic imine (C=N–C) groups is 2. The van der Waals surface area contributed by atoms with E-state index in [0.29, 0.717) is 17.7 Å². The lowest BCUT2D eigenvalue weighted by Crippen LogP contribution is -2.54. The molecule has 0 saturated carbocycles. The van der Waals surface area contributed by atoms with Crippen molar-refractivity contribution < 1.29 is 19.6 Å². The molecule has 35 heavy (non-hydrogen) atoms. The Kier molecular flexibility index (Phi) is 10.5. The highest BCUT2D eigenvalue weighted by atomic mass is 16.4. The van der Waals surface area contributed by atoms with Crippen LogP contribution < -0.4 is 33.6 Å². The smallest absolute Gasteiger partial charge is 0.426 e. The van der Waals surface area contributed by atoms with Crippen molar-refractivity contribution in [3.8, 4) is 0 Å². The molecule has 0 heterocycles. The number of carbonyl (C=O) groups excluding carboxylic acids is 2. The second kappa shape index (κ2) is 13.6. The fraction of sp³-hybridized carbons (Fsp3) is 0.273. The maximum absolute atomic E-state index is 13.1. The lowest BCUT2D eigenvalue weighted by Gasteiger charge is -2.23. The topological polar surface area (TPSA) is 227 Å². The Morgan fingerprint density at radius 2 is 1.57 bits per heavy atom. The second-order valence-electron chi connectivity index (χ2n) is 7.78. The van der Waals surface area contributed by atoms with Crippen molar-refractivity contribution in [3.05, 3.63) is 65.7 Å². The molecule has 12 N–H and O–H groups in total. The van der Waals surface area contributed by atoms with Crippen molar-refractivity contribution in [2.45, 2.75) is 31.2 Å². The standard InChI is InChI=1S/C22H31BN8O4/c24-21(25)28-12-4-7-18(23(34)35)31-20(33)17(30-19(32)15-5-2-1-3-6-15)13-14-8-10-16(11-9-14)29-22(26)27/h1-3,5-6,8-11,17-18,34-35H,4,7,12-13H2,(H,30,32)(H,31,33)(H4,24,25,28)(H4,26,27,29). The zero-order valence-corrected chi connectivity index (χ0v) is 19.2. The minimum absolute atomic E-state index is 0.0790. The van der Waals surface area contributed by atoms with E-state index in [4.69, 9.17) is 22.9 Å². The molecule has 0 fully saturated rings. The van der Waals surface area contributed by atoms with Crippen LogP contribution in [0.2, 0.25) is 0 Å². The first-order chi connectivity index (χ1) is 16.7. The minimum Gasteiger partial charge on any atom is -0.426 e. The van der Waals surface area contributed by atoms with Crippen LogP contribution in [0.4, 0.5) is 5.69 Å². The number of carbonyl (C=O) groups is 2. The van der Waals surface area contributed by atoms with E-state index in [0.717, 1.165) is 5.56 Å². The number of nitrogens with one attached hydrogen (secondary N) is 2. The van der Waals surface area contributed by atoms with E-state index in [-0.39, 0.29) is 31.3 Å². The lowest BCUT2D eigenvalue weighted by molar-refractivity contribution is -0.123. The summed E-state index contributed by atoms with van der Waals surface area (Å²) in [5.74, 6) is -2.18. The molecule has 0 aliphatic carbocycles. The van der Waals surface area contributed by atoms with Gasteiger partial charge in [0.05, 0.1) is 11.6 Å². The first-order valence-corrected chi connectivity index (χ1v) is 10.9. The molecule has 2 unspecified atom stereocenters. The van der Waals surface area contributed by atoms with Gasteiger partial charge in [0.15, 0.2) is 11.9 Å². The molecule has 2 amide bonds. The van der Waals surface area contributed by atoms with Crippen molar-refractivity contribution in [1.82, 2.24) is 10.6 Å². The third-order valence-corrected chi connectivity index (χ3v) is 4.95. The second-order valence-corrected chi connectivity index (χ2v) is 7.78. The molecule has 2 aromatic rings. The summed E-state index contributed by atoms with van der Waals surface area (Å²) in [6.07, 6.45) is 0.731.